The predicted molar refractivity (Wildman–Crippen MR) is 307 cm³/mol. The molecular formula is C63H110O14. The molecule has 0 aromatic rings. The standard InChI is InChI=1S/C63H110O14/c1-3-5-7-9-11-13-15-17-19-21-23-25-27-29-31-33-35-37-39-41-43-45-47-72-49-52(50-73-62-61(71)59(69)57(67)54(77-62)51-74-63-60(70)58(68)56(66)53(48-64)76-63)75-55(65)46-44-42-40-38-36-34-32-30-28-26-24-22-20-18-16-14-12-10-8-6-4-2/h6,8,12,14,18,20-21,23-24,26,30,32,52-54,56-64,66-71H,3-5,7,9-11,13,15-17,19,22,25,27-29,31,33-51H2,1-2H3/b8-6-,14-12-,20-18-,23-21-,26-24-,32-30-. The average Bonchev–Trinajstić information content (AvgIpc) is 3.43. The summed E-state index contributed by atoms with van der Waals surface area (Å²) >= 11 is 0. The first-order valence-corrected chi connectivity index (χ1v) is 30.5. The minimum absolute atomic E-state index is 0.0498. The number of rotatable bonds is 49. The molecule has 2 rings (SSSR count). The Hall–Kier alpha value is -2.57. The van der Waals surface area contributed by atoms with E-state index in [0.29, 0.717) is 13.0 Å². The fourth-order valence-electron chi connectivity index (χ4n) is 9.31. The number of unbranched alkanes of at least 4 members (excludes halogenated alkanes) is 23. The Bertz CT molecular complexity index is 1550. The van der Waals surface area contributed by atoms with E-state index >= 15 is 0 Å². The highest BCUT2D eigenvalue weighted by atomic mass is 16.7. The largest absolute Gasteiger partial charge is 0.457 e. The molecule has 2 aliphatic rings. The fraction of sp³-hybridized carbons (Fsp3) is 0.794. The smallest absolute Gasteiger partial charge is 0.306 e. The zero-order chi connectivity index (χ0) is 55.8. The van der Waals surface area contributed by atoms with Crippen molar-refractivity contribution in [2.45, 2.75) is 287 Å². The summed E-state index contributed by atoms with van der Waals surface area (Å²) in [5.41, 5.74) is 0. The summed E-state index contributed by atoms with van der Waals surface area (Å²) in [6, 6.07) is 0. The van der Waals surface area contributed by atoms with Crippen LogP contribution in [-0.2, 0) is 33.2 Å². The van der Waals surface area contributed by atoms with Crippen molar-refractivity contribution < 1.29 is 69.0 Å². The van der Waals surface area contributed by atoms with Gasteiger partial charge in [0.1, 0.15) is 54.9 Å². The summed E-state index contributed by atoms with van der Waals surface area (Å²) in [7, 11) is 0. The maximum Gasteiger partial charge on any atom is 0.306 e. The van der Waals surface area contributed by atoms with Crippen LogP contribution in [0.5, 0.6) is 0 Å². The van der Waals surface area contributed by atoms with Crippen molar-refractivity contribution in [2.24, 2.45) is 0 Å². The Morgan fingerprint density at radius 1 is 0.442 bits per heavy atom. The topological polar surface area (TPSA) is 214 Å². The van der Waals surface area contributed by atoms with Crippen LogP contribution in [-0.4, -0.2) is 142 Å². The van der Waals surface area contributed by atoms with Crippen LogP contribution in [0.3, 0.4) is 0 Å². The number of esters is 1. The monoisotopic (exact) mass is 1090 g/mol. The van der Waals surface area contributed by atoms with Crippen molar-refractivity contribution in [1.82, 2.24) is 0 Å². The van der Waals surface area contributed by atoms with Crippen LogP contribution in [0.15, 0.2) is 72.9 Å². The van der Waals surface area contributed by atoms with Crippen molar-refractivity contribution in [3.63, 3.8) is 0 Å². The molecule has 2 fully saturated rings. The zero-order valence-electron chi connectivity index (χ0n) is 47.9. The lowest BCUT2D eigenvalue weighted by molar-refractivity contribution is -0.332. The van der Waals surface area contributed by atoms with Crippen LogP contribution >= 0.6 is 0 Å². The molecule has 14 heteroatoms. The van der Waals surface area contributed by atoms with E-state index in [4.69, 9.17) is 28.4 Å². The van der Waals surface area contributed by atoms with Gasteiger partial charge in [-0.3, -0.25) is 4.79 Å². The van der Waals surface area contributed by atoms with E-state index in [1.807, 2.05) is 0 Å². The van der Waals surface area contributed by atoms with Gasteiger partial charge >= 0.3 is 5.97 Å². The second kappa shape index (κ2) is 49.3. The normalized spacial score (nSPS) is 24.8. The van der Waals surface area contributed by atoms with Gasteiger partial charge in [0.15, 0.2) is 12.6 Å². The highest BCUT2D eigenvalue weighted by molar-refractivity contribution is 5.69. The fourth-order valence-corrected chi connectivity index (χ4v) is 9.31. The van der Waals surface area contributed by atoms with Gasteiger partial charge in [-0.2, -0.15) is 0 Å². The summed E-state index contributed by atoms with van der Waals surface area (Å²) in [6.45, 7) is 3.56. The number of ether oxygens (including phenoxy) is 6. The van der Waals surface area contributed by atoms with Crippen molar-refractivity contribution in [3.8, 4) is 0 Å². The summed E-state index contributed by atoms with van der Waals surface area (Å²) in [5.74, 6) is -0.395. The molecule has 0 aromatic heterocycles. The van der Waals surface area contributed by atoms with Crippen LogP contribution in [0, 0.1) is 0 Å². The molecule has 2 heterocycles. The van der Waals surface area contributed by atoms with Gasteiger partial charge in [-0.1, -0.05) is 202 Å². The lowest BCUT2D eigenvalue weighted by Gasteiger charge is -2.42. The average molecular weight is 1090 g/mol. The summed E-state index contributed by atoms with van der Waals surface area (Å²) < 4.78 is 34.4. The lowest BCUT2D eigenvalue weighted by atomic mass is 9.98. The highest BCUT2D eigenvalue weighted by Crippen LogP contribution is 2.27. The number of aliphatic hydroxyl groups excluding tert-OH is 7. The molecule has 7 N–H and O–H groups in total. The predicted octanol–water partition coefficient (Wildman–Crippen LogP) is 11.4. The van der Waals surface area contributed by atoms with Crippen LogP contribution in [0.25, 0.3) is 0 Å². The second-order valence-electron chi connectivity index (χ2n) is 21.1. The van der Waals surface area contributed by atoms with Gasteiger partial charge in [0.2, 0.25) is 0 Å². The van der Waals surface area contributed by atoms with Crippen LogP contribution in [0.2, 0.25) is 0 Å². The van der Waals surface area contributed by atoms with E-state index < -0.39 is 86.7 Å². The first kappa shape index (κ1) is 70.5. The quantitative estimate of drug-likeness (QED) is 0.0172. The molecule has 2 aliphatic heterocycles. The Kier molecular flexibility index (Phi) is 45.1. The molecule has 0 amide bonds. The van der Waals surface area contributed by atoms with Gasteiger partial charge in [0, 0.05) is 13.0 Å². The lowest BCUT2D eigenvalue weighted by Crippen LogP contribution is -2.61. The summed E-state index contributed by atoms with van der Waals surface area (Å²) in [4.78, 5) is 13.1. The molecule has 446 valence electrons. The van der Waals surface area contributed by atoms with Gasteiger partial charge < -0.3 is 64.2 Å². The van der Waals surface area contributed by atoms with E-state index in [0.717, 1.165) is 83.5 Å². The zero-order valence-corrected chi connectivity index (χ0v) is 47.9. The molecule has 0 spiro atoms. The Balaban J connectivity index is 1.71. The first-order valence-electron chi connectivity index (χ1n) is 30.5. The minimum atomic E-state index is -1.71. The van der Waals surface area contributed by atoms with Gasteiger partial charge in [-0.25, -0.2) is 0 Å². The van der Waals surface area contributed by atoms with E-state index in [2.05, 4.69) is 86.8 Å². The number of hydrogen-bond acceptors (Lipinski definition) is 14. The van der Waals surface area contributed by atoms with Crippen molar-refractivity contribution >= 4 is 5.97 Å². The Morgan fingerprint density at radius 2 is 0.844 bits per heavy atom. The molecule has 14 nitrogen and oxygen atoms in total. The Labute approximate surface area is 466 Å². The molecule has 11 unspecified atom stereocenters. The third-order valence-corrected chi connectivity index (χ3v) is 14.2. The molecule has 0 saturated carbocycles. The van der Waals surface area contributed by atoms with E-state index in [1.54, 1.807) is 0 Å². The van der Waals surface area contributed by atoms with E-state index in [-0.39, 0.29) is 19.6 Å². The molecule has 0 aliphatic carbocycles. The molecule has 77 heavy (non-hydrogen) atoms. The van der Waals surface area contributed by atoms with Crippen molar-refractivity contribution in [3.05, 3.63) is 72.9 Å². The van der Waals surface area contributed by atoms with Crippen molar-refractivity contribution in [1.29, 1.82) is 0 Å². The number of carbonyl (C=O) groups excluding carboxylic acids is 1. The molecule has 11 atom stereocenters. The molecule has 0 bridgehead atoms. The van der Waals surface area contributed by atoms with Gasteiger partial charge in [0.25, 0.3) is 0 Å². The maximum absolute atomic E-state index is 13.1. The number of hydrogen-bond donors (Lipinski definition) is 7. The van der Waals surface area contributed by atoms with E-state index in [1.165, 1.54) is 109 Å². The molecule has 0 radical (unpaired) electrons. The van der Waals surface area contributed by atoms with Gasteiger partial charge in [0.05, 0.1) is 26.4 Å². The summed E-state index contributed by atoms with van der Waals surface area (Å²) in [6.07, 6.45) is 46.7. The van der Waals surface area contributed by atoms with E-state index in [9.17, 15) is 40.5 Å². The van der Waals surface area contributed by atoms with Gasteiger partial charge in [-0.05, 0) is 83.5 Å². The van der Waals surface area contributed by atoms with Crippen LogP contribution in [0.4, 0.5) is 0 Å². The molecular weight excluding hydrogens is 981 g/mol. The minimum Gasteiger partial charge on any atom is -0.457 e. The Morgan fingerprint density at radius 3 is 1.34 bits per heavy atom. The van der Waals surface area contributed by atoms with Crippen molar-refractivity contribution in [2.75, 3.05) is 33.0 Å². The SMILES string of the molecule is CC/C=C\C/C=C\C/C=C\C/C=C\C/C=C\CCCCCCCC(=O)OC(COCCCCCCCCCCCC/C=C\CCCCCCCCCC)COC1OC(COC2OC(CO)C(O)C(O)C2O)C(O)C(O)C1O. The third-order valence-electron chi connectivity index (χ3n) is 14.2. The van der Waals surface area contributed by atoms with Crippen LogP contribution < -0.4 is 0 Å². The third kappa shape index (κ3) is 35.7. The maximum atomic E-state index is 13.1. The highest BCUT2D eigenvalue weighted by Gasteiger charge is 2.47. The summed E-state index contributed by atoms with van der Waals surface area (Å²) in [5, 5.41) is 72.4. The number of carbonyl (C=O) groups is 1. The second-order valence-corrected chi connectivity index (χ2v) is 21.1. The molecule has 0 aromatic carbocycles. The first-order chi connectivity index (χ1) is 37.6. The number of allylic oxidation sites excluding steroid dienone is 12. The number of aliphatic hydroxyl groups is 7. The van der Waals surface area contributed by atoms with Crippen LogP contribution in [0.1, 0.15) is 219 Å². The molecule has 2 saturated heterocycles. The van der Waals surface area contributed by atoms with Gasteiger partial charge in [-0.15, -0.1) is 0 Å².